The lowest BCUT2D eigenvalue weighted by molar-refractivity contribution is -0.117. The fraction of sp³-hybridized carbons (Fsp3) is 0.150. The highest BCUT2D eigenvalue weighted by Gasteiger charge is 2.23. The zero-order valence-corrected chi connectivity index (χ0v) is 19.2. The maximum Gasteiger partial charge on any atom is 0.242 e. The summed E-state index contributed by atoms with van der Waals surface area (Å²) in [6, 6.07) is 13.2. The minimum atomic E-state index is -3.96. The van der Waals surface area contributed by atoms with Crippen molar-refractivity contribution in [3.05, 3.63) is 77.7 Å². The first-order chi connectivity index (χ1) is 15.1. The average molecular weight is 498 g/mol. The molecule has 1 amide bonds. The van der Waals surface area contributed by atoms with Crippen LogP contribution in [-0.2, 0) is 31.4 Å². The molecule has 0 bridgehead atoms. The molecule has 0 aliphatic carbocycles. The molecule has 0 fully saturated rings. The molecule has 12 heteroatoms. The molecule has 0 aliphatic rings. The summed E-state index contributed by atoms with van der Waals surface area (Å²) in [5.74, 6) is -0.222. The van der Waals surface area contributed by atoms with E-state index in [1.807, 2.05) is 0 Å². The molecule has 3 rings (SSSR count). The standard InChI is InChI=1S/C20H20ClN3O6S2/c1-14(24-32(28,29)18-9-7-15(21)8-10-18)20(25)23-16-4-2-6-19(12-16)31(26,27)22-13-17-5-3-11-30-17/h2-12,14,22,24H,13H2,1H3,(H,23,25). The van der Waals surface area contributed by atoms with Crippen molar-refractivity contribution < 1.29 is 26.0 Å². The van der Waals surface area contributed by atoms with Crippen LogP contribution < -0.4 is 14.8 Å². The molecule has 32 heavy (non-hydrogen) atoms. The van der Waals surface area contributed by atoms with Crippen molar-refractivity contribution in [1.29, 1.82) is 0 Å². The summed E-state index contributed by atoms with van der Waals surface area (Å²) in [6.45, 7) is 1.34. The summed E-state index contributed by atoms with van der Waals surface area (Å²) in [6.07, 6.45) is 1.43. The number of carbonyl (C=O) groups excluding carboxylic acids is 1. The van der Waals surface area contributed by atoms with Gasteiger partial charge in [-0.05, 0) is 61.5 Å². The van der Waals surface area contributed by atoms with Crippen LogP contribution in [0.5, 0.6) is 0 Å². The number of benzene rings is 2. The molecule has 0 aliphatic heterocycles. The number of furan rings is 1. The van der Waals surface area contributed by atoms with E-state index in [0.717, 1.165) is 0 Å². The predicted octanol–water partition coefficient (Wildman–Crippen LogP) is 2.72. The molecule has 3 N–H and O–H groups in total. The highest BCUT2D eigenvalue weighted by molar-refractivity contribution is 7.89. The molecule has 1 aromatic heterocycles. The first-order valence-electron chi connectivity index (χ1n) is 9.28. The fourth-order valence-electron chi connectivity index (χ4n) is 2.62. The van der Waals surface area contributed by atoms with Crippen LogP contribution in [0, 0.1) is 0 Å². The Kier molecular flexibility index (Phi) is 7.36. The highest BCUT2D eigenvalue weighted by Crippen LogP contribution is 2.17. The number of halogens is 1. The highest BCUT2D eigenvalue weighted by atomic mass is 35.5. The van der Waals surface area contributed by atoms with Crippen LogP contribution in [0.1, 0.15) is 12.7 Å². The summed E-state index contributed by atoms with van der Waals surface area (Å²) in [5.41, 5.74) is 0.188. The molecule has 0 saturated carbocycles. The molecule has 0 radical (unpaired) electrons. The summed E-state index contributed by atoms with van der Waals surface area (Å²) < 4.78 is 59.6. The third kappa shape index (κ3) is 6.17. The van der Waals surface area contributed by atoms with E-state index in [0.29, 0.717) is 10.8 Å². The van der Waals surface area contributed by atoms with E-state index in [4.69, 9.17) is 16.0 Å². The molecule has 1 unspecified atom stereocenters. The third-order valence-corrected chi connectivity index (χ3v) is 7.49. The fourth-order valence-corrected chi connectivity index (χ4v) is 4.99. The molecule has 9 nitrogen and oxygen atoms in total. The minimum Gasteiger partial charge on any atom is -0.468 e. The zero-order chi connectivity index (χ0) is 23.4. The third-order valence-electron chi connectivity index (χ3n) is 4.28. The number of hydrogen-bond donors (Lipinski definition) is 3. The Morgan fingerprint density at radius 1 is 0.969 bits per heavy atom. The van der Waals surface area contributed by atoms with Gasteiger partial charge in [-0.25, -0.2) is 21.6 Å². The lowest BCUT2D eigenvalue weighted by Crippen LogP contribution is -2.41. The van der Waals surface area contributed by atoms with Crippen molar-refractivity contribution in [2.75, 3.05) is 5.32 Å². The number of amides is 1. The van der Waals surface area contributed by atoms with Gasteiger partial charge in [0.2, 0.25) is 26.0 Å². The van der Waals surface area contributed by atoms with E-state index in [1.54, 1.807) is 12.1 Å². The van der Waals surface area contributed by atoms with E-state index >= 15 is 0 Å². The van der Waals surface area contributed by atoms with E-state index < -0.39 is 32.0 Å². The van der Waals surface area contributed by atoms with Gasteiger partial charge in [0.05, 0.1) is 28.6 Å². The Morgan fingerprint density at radius 2 is 1.69 bits per heavy atom. The molecule has 0 saturated heterocycles. The van der Waals surface area contributed by atoms with Gasteiger partial charge in [0.15, 0.2) is 0 Å². The Morgan fingerprint density at radius 3 is 2.34 bits per heavy atom. The van der Waals surface area contributed by atoms with Crippen molar-refractivity contribution in [3.63, 3.8) is 0 Å². The minimum absolute atomic E-state index is 0.0323. The van der Waals surface area contributed by atoms with Gasteiger partial charge in [-0.3, -0.25) is 4.79 Å². The lowest BCUT2D eigenvalue weighted by Gasteiger charge is -2.15. The van der Waals surface area contributed by atoms with Crippen molar-refractivity contribution in [3.8, 4) is 0 Å². The van der Waals surface area contributed by atoms with Gasteiger partial charge in [-0.2, -0.15) is 4.72 Å². The van der Waals surface area contributed by atoms with E-state index in [1.165, 1.54) is 61.7 Å². The Hall–Kier alpha value is -2.70. The number of anilines is 1. The Balaban J connectivity index is 1.66. The monoisotopic (exact) mass is 497 g/mol. The van der Waals surface area contributed by atoms with E-state index in [2.05, 4.69) is 14.8 Å². The maximum atomic E-state index is 12.5. The maximum absolute atomic E-state index is 12.5. The molecule has 2 aromatic carbocycles. The Labute approximate surface area is 190 Å². The van der Waals surface area contributed by atoms with Gasteiger partial charge >= 0.3 is 0 Å². The smallest absolute Gasteiger partial charge is 0.242 e. The normalized spacial score (nSPS) is 12.9. The topological polar surface area (TPSA) is 135 Å². The number of rotatable bonds is 9. The van der Waals surface area contributed by atoms with Gasteiger partial charge in [0.1, 0.15) is 5.76 Å². The van der Waals surface area contributed by atoms with Crippen LogP contribution in [0.2, 0.25) is 5.02 Å². The SMILES string of the molecule is CC(NS(=O)(=O)c1ccc(Cl)cc1)C(=O)Nc1cccc(S(=O)(=O)NCc2ccco2)c1. The van der Waals surface area contributed by atoms with Crippen molar-refractivity contribution in [2.45, 2.75) is 29.3 Å². The van der Waals surface area contributed by atoms with Crippen LogP contribution in [-0.4, -0.2) is 28.8 Å². The van der Waals surface area contributed by atoms with Gasteiger partial charge in [0.25, 0.3) is 0 Å². The summed E-state index contributed by atoms with van der Waals surface area (Å²) in [7, 11) is -7.82. The lowest BCUT2D eigenvalue weighted by atomic mass is 10.3. The molecule has 0 spiro atoms. The second kappa shape index (κ2) is 9.84. The van der Waals surface area contributed by atoms with E-state index in [-0.39, 0.29) is 22.0 Å². The van der Waals surface area contributed by atoms with Crippen LogP contribution in [0.4, 0.5) is 5.69 Å². The van der Waals surface area contributed by atoms with Crippen LogP contribution in [0.3, 0.4) is 0 Å². The number of carbonyl (C=O) groups is 1. The number of nitrogens with one attached hydrogen (secondary N) is 3. The van der Waals surface area contributed by atoms with Crippen LogP contribution in [0.25, 0.3) is 0 Å². The number of sulfonamides is 2. The first-order valence-corrected chi connectivity index (χ1v) is 12.6. The van der Waals surface area contributed by atoms with Crippen molar-refractivity contribution >= 4 is 43.2 Å². The molecular formula is C20H20ClN3O6S2. The molecule has 1 heterocycles. The molecule has 3 aromatic rings. The summed E-state index contributed by atoms with van der Waals surface area (Å²) >= 11 is 5.77. The van der Waals surface area contributed by atoms with Crippen LogP contribution in [0.15, 0.2) is 81.1 Å². The quantitative estimate of drug-likeness (QED) is 0.416. The second-order valence-corrected chi connectivity index (χ2v) is 10.6. The molecular weight excluding hydrogens is 478 g/mol. The van der Waals surface area contributed by atoms with Gasteiger partial charge in [-0.1, -0.05) is 17.7 Å². The van der Waals surface area contributed by atoms with Gasteiger partial charge < -0.3 is 9.73 Å². The predicted molar refractivity (Wildman–Crippen MR) is 119 cm³/mol. The number of hydrogen-bond acceptors (Lipinski definition) is 6. The van der Waals surface area contributed by atoms with Crippen molar-refractivity contribution in [2.24, 2.45) is 0 Å². The summed E-state index contributed by atoms with van der Waals surface area (Å²) in [5, 5.41) is 2.89. The van der Waals surface area contributed by atoms with Crippen LogP contribution >= 0.6 is 11.6 Å². The average Bonchev–Trinajstić information content (AvgIpc) is 3.26. The molecule has 170 valence electrons. The van der Waals surface area contributed by atoms with Gasteiger partial charge in [0, 0.05) is 10.7 Å². The molecule has 1 atom stereocenters. The second-order valence-electron chi connectivity index (χ2n) is 6.72. The zero-order valence-electron chi connectivity index (χ0n) is 16.8. The van der Waals surface area contributed by atoms with Gasteiger partial charge in [-0.15, -0.1) is 0 Å². The Bertz CT molecular complexity index is 1290. The largest absolute Gasteiger partial charge is 0.468 e. The summed E-state index contributed by atoms with van der Waals surface area (Å²) in [4.78, 5) is 12.4. The van der Waals surface area contributed by atoms with Crippen molar-refractivity contribution in [1.82, 2.24) is 9.44 Å². The van der Waals surface area contributed by atoms with E-state index in [9.17, 15) is 21.6 Å². The first kappa shape index (κ1) is 24.0.